The molecule has 0 saturated heterocycles. The van der Waals surface area contributed by atoms with Crippen LogP contribution in [0.5, 0.6) is 11.5 Å². The summed E-state index contributed by atoms with van der Waals surface area (Å²) in [5, 5.41) is 10.4. The zero-order chi connectivity index (χ0) is 20.1. The second kappa shape index (κ2) is 9.08. The number of hydrogen-bond donors (Lipinski definition) is 1. The number of aliphatic hydroxyl groups excluding tert-OH is 1. The van der Waals surface area contributed by atoms with E-state index in [-0.39, 0.29) is 23.3 Å². The van der Waals surface area contributed by atoms with E-state index >= 15 is 0 Å². The van der Waals surface area contributed by atoms with E-state index in [1.54, 1.807) is 0 Å². The van der Waals surface area contributed by atoms with Gasteiger partial charge in [-0.3, -0.25) is 4.79 Å². The number of fused-ring (bicyclic) bond motifs is 1. The van der Waals surface area contributed by atoms with Crippen LogP contribution in [0.15, 0.2) is 30.3 Å². The molecule has 0 spiro atoms. The third-order valence-electron chi connectivity index (χ3n) is 4.59. The van der Waals surface area contributed by atoms with Crippen molar-refractivity contribution in [3.05, 3.63) is 57.6 Å². The maximum absolute atomic E-state index is 12.1. The van der Waals surface area contributed by atoms with Crippen LogP contribution >= 0.6 is 11.6 Å². The number of benzene rings is 2. The summed E-state index contributed by atoms with van der Waals surface area (Å²) < 4.78 is 16.0. The molecular weight excluding hydrogens is 384 g/mol. The van der Waals surface area contributed by atoms with Gasteiger partial charge >= 0.3 is 5.97 Å². The molecule has 1 aliphatic heterocycles. The van der Waals surface area contributed by atoms with Crippen molar-refractivity contribution in [3.63, 3.8) is 0 Å². The molecule has 0 fully saturated rings. The number of carbonyl (C=O) groups is 2. The van der Waals surface area contributed by atoms with Crippen molar-refractivity contribution < 1.29 is 28.9 Å². The topological polar surface area (TPSA) is 82.1 Å². The number of aldehydes is 1. The maximum Gasteiger partial charge on any atom is 0.340 e. The van der Waals surface area contributed by atoms with Gasteiger partial charge in [0.25, 0.3) is 0 Å². The second-order valence-corrected chi connectivity index (χ2v) is 6.90. The Morgan fingerprint density at radius 2 is 2.04 bits per heavy atom. The van der Waals surface area contributed by atoms with Gasteiger partial charge in [-0.1, -0.05) is 23.7 Å². The minimum Gasteiger partial charge on any atom is -0.492 e. The van der Waals surface area contributed by atoms with E-state index in [1.165, 1.54) is 18.7 Å². The van der Waals surface area contributed by atoms with Gasteiger partial charge in [0.05, 0.1) is 24.8 Å². The maximum atomic E-state index is 12.1. The minimum atomic E-state index is -1.27. The minimum absolute atomic E-state index is 0.0346. The SMILES string of the molecule is COc1c(OCCCCc2ccc(Cl)cc2)cc2c(c1C=O)CC(O)OC2=O. The van der Waals surface area contributed by atoms with Crippen LogP contribution in [0.25, 0.3) is 0 Å². The Bertz CT molecular complexity index is 862. The molecule has 0 saturated carbocycles. The lowest BCUT2D eigenvalue weighted by molar-refractivity contribution is -0.0688. The highest BCUT2D eigenvalue weighted by Gasteiger charge is 2.31. The third kappa shape index (κ3) is 4.46. The number of halogens is 1. The summed E-state index contributed by atoms with van der Waals surface area (Å²) in [6.45, 7) is 0.401. The molecule has 0 radical (unpaired) electrons. The van der Waals surface area contributed by atoms with E-state index in [2.05, 4.69) is 0 Å². The van der Waals surface area contributed by atoms with E-state index in [0.717, 1.165) is 19.3 Å². The largest absolute Gasteiger partial charge is 0.492 e. The molecule has 2 aromatic carbocycles. The number of rotatable bonds is 8. The molecule has 28 heavy (non-hydrogen) atoms. The summed E-state index contributed by atoms with van der Waals surface area (Å²) in [7, 11) is 1.43. The molecule has 1 unspecified atom stereocenters. The summed E-state index contributed by atoms with van der Waals surface area (Å²) in [6, 6.07) is 9.22. The Labute approximate surface area is 168 Å². The Morgan fingerprint density at radius 3 is 2.71 bits per heavy atom. The van der Waals surface area contributed by atoms with Crippen LogP contribution in [0.1, 0.15) is 44.7 Å². The fraction of sp³-hybridized carbons (Fsp3) is 0.333. The predicted molar refractivity (Wildman–Crippen MR) is 103 cm³/mol. The summed E-state index contributed by atoms with van der Waals surface area (Å²) in [6.07, 6.45) is 1.95. The molecule has 1 N–H and O–H groups in total. The molecule has 1 heterocycles. The zero-order valence-corrected chi connectivity index (χ0v) is 16.2. The fourth-order valence-electron chi connectivity index (χ4n) is 3.21. The fourth-order valence-corrected chi connectivity index (χ4v) is 3.34. The van der Waals surface area contributed by atoms with Crippen molar-refractivity contribution in [2.24, 2.45) is 0 Å². The van der Waals surface area contributed by atoms with Gasteiger partial charge in [-0.25, -0.2) is 4.79 Å². The standard InChI is InChI=1S/C21H21ClO6/c1-26-20-17(12-23)15-11-19(24)28-21(25)16(15)10-18(20)27-9-3-2-4-13-5-7-14(22)8-6-13/h5-8,10,12,19,24H,2-4,9,11H2,1H3. The van der Waals surface area contributed by atoms with Crippen molar-refractivity contribution in [1.29, 1.82) is 0 Å². The molecule has 2 aromatic rings. The second-order valence-electron chi connectivity index (χ2n) is 6.46. The number of aliphatic hydroxyl groups is 1. The van der Waals surface area contributed by atoms with Crippen LogP contribution in [0.3, 0.4) is 0 Å². The van der Waals surface area contributed by atoms with Gasteiger partial charge in [0.1, 0.15) is 0 Å². The number of carbonyl (C=O) groups excluding carboxylic acids is 2. The number of methoxy groups -OCH3 is 1. The van der Waals surface area contributed by atoms with Crippen molar-refractivity contribution in [1.82, 2.24) is 0 Å². The molecule has 3 rings (SSSR count). The summed E-state index contributed by atoms with van der Waals surface area (Å²) in [5.74, 6) is -0.122. The molecule has 1 aliphatic rings. The van der Waals surface area contributed by atoms with E-state index in [1.807, 2.05) is 24.3 Å². The first-order chi connectivity index (χ1) is 13.5. The lowest BCUT2D eigenvalue weighted by Crippen LogP contribution is -2.28. The first kappa shape index (κ1) is 20.2. The quantitative estimate of drug-likeness (QED) is 0.411. The average molecular weight is 405 g/mol. The first-order valence-electron chi connectivity index (χ1n) is 8.98. The third-order valence-corrected chi connectivity index (χ3v) is 4.84. The number of hydrogen-bond acceptors (Lipinski definition) is 6. The first-order valence-corrected chi connectivity index (χ1v) is 9.36. The van der Waals surface area contributed by atoms with Crippen LogP contribution in [0, 0.1) is 0 Å². The van der Waals surface area contributed by atoms with Crippen molar-refractivity contribution in [2.75, 3.05) is 13.7 Å². The van der Waals surface area contributed by atoms with Gasteiger partial charge in [-0.05, 0) is 48.6 Å². The Balaban J connectivity index is 1.67. The van der Waals surface area contributed by atoms with Crippen molar-refractivity contribution in [3.8, 4) is 11.5 Å². The summed E-state index contributed by atoms with van der Waals surface area (Å²) >= 11 is 5.88. The monoisotopic (exact) mass is 404 g/mol. The number of esters is 1. The molecule has 1 atom stereocenters. The van der Waals surface area contributed by atoms with Gasteiger partial charge in [0, 0.05) is 11.4 Å². The molecule has 7 heteroatoms. The van der Waals surface area contributed by atoms with E-state index in [9.17, 15) is 14.7 Å². The zero-order valence-electron chi connectivity index (χ0n) is 15.4. The Hall–Kier alpha value is -2.57. The van der Waals surface area contributed by atoms with Crippen LogP contribution < -0.4 is 9.47 Å². The average Bonchev–Trinajstić information content (AvgIpc) is 2.68. The highest BCUT2D eigenvalue weighted by Crippen LogP contribution is 2.38. The van der Waals surface area contributed by atoms with E-state index in [0.29, 0.717) is 29.2 Å². The molecule has 0 bridgehead atoms. The van der Waals surface area contributed by atoms with E-state index in [4.69, 9.17) is 25.8 Å². The molecule has 0 amide bonds. The number of ether oxygens (including phenoxy) is 3. The van der Waals surface area contributed by atoms with Gasteiger partial charge in [0.2, 0.25) is 6.29 Å². The van der Waals surface area contributed by atoms with Crippen LogP contribution in [-0.2, 0) is 17.6 Å². The van der Waals surface area contributed by atoms with Crippen LogP contribution in [0.4, 0.5) is 0 Å². The molecular formula is C21H21ClO6. The summed E-state index contributed by atoms with van der Waals surface area (Å²) in [4.78, 5) is 23.7. The molecule has 6 nitrogen and oxygen atoms in total. The smallest absolute Gasteiger partial charge is 0.340 e. The lowest BCUT2D eigenvalue weighted by Gasteiger charge is -2.24. The molecule has 0 aliphatic carbocycles. The van der Waals surface area contributed by atoms with Crippen LogP contribution in [0.2, 0.25) is 5.02 Å². The number of cyclic esters (lactones) is 1. The Kier molecular flexibility index (Phi) is 6.54. The number of aryl methyl sites for hydroxylation is 1. The molecule has 0 aromatic heterocycles. The van der Waals surface area contributed by atoms with Gasteiger partial charge < -0.3 is 19.3 Å². The van der Waals surface area contributed by atoms with Gasteiger partial charge in [-0.2, -0.15) is 0 Å². The highest BCUT2D eigenvalue weighted by molar-refractivity contribution is 6.30. The van der Waals surface area contributed by atoms with Crippen LogP contribution in [-0.4, -0.2) is 37.4 Å². The summed E-state index contributed by atoms with van der Waals surface area (Å²) in [5.41, 5.74) is 2.02. The number of unbranched alkanes of at least 4 members (excludes halogenated alkanes) is 1. The van der Waals surface area contributed by atoms with E-state index < -0.39 is 12.3 Å². The normalized spacial score (nSPS) is 15.5. The van der Waals surface area contributed by atoms with Crippen molar-refractivity contribution in [2.45, 2.75) is 32.0 Å². The van der Waals surface area contributed by atoms with Crippen molar-refractivity contribution >= 4 is 23.9 Å². The van der Waals surface area contributed by atoms with Gasteiger partial charge in [-0.15, -0.1) is 0 Å². The highest BCUT2D eigenvalue weighted by atomic mass is 35.5. The Morgan fingerprint density at radius 1 is 1.29 bits per heavy atom. The van der Waals surface area contributed by atoms with Gasteiger partial charge in [0.15, 0.2) is 17.8 Å². The lowest BCUT2D eigenvalue weighted by atomic mass is 9.95. The molecule has 148 valence electrons. The predicted octanol–water partition coefficient (Wildman–Crippen LogP) is 3.59.